The predicted molar refractivity (Wildman–Crippen MR) is 48.8 cm³/mol. The van der Waals surface area contributed by atoms with Crippen molar-refractivity contribution in [1.29, 1.82) is 0 Å². The van der Waals surface area contributed by atoms with E-state index in [0.29, 0.717) is 0 Å². The summed E-state index contributed by atoms with van der Waals surface area (Å²) < 4.78 is 0. The zero-order chi connectivity index (χ0) is 7.66. The van der Waals surface area contributed by atoms with E-state index in [1.807, 2.05) is 13.8 Å². The smallest absolute Gasteiger partial charge is 0.0216 e. The van der Waals surface area contributed by atoms with Gasteiger partial charge in [-0.3, -0.25) is 0 Å². The Morgan fingerprint density at radius 3 is 1.60 bits per heavy atom. The lowest BCUT2D eigenvalue weighted by atomic mass is 10.8. The standard InChI is InChI=1S/C4H14N4S2/c1-3-5-7-9-10-8-6-4-2/h5-8H,3-4H2,1-2H3. The molecule has 0 aliphatic carbocycles. The van der Waals surface area contributed by atoms with Crippen LogP contribution in [-0.2, 0) is 0 Å². The summed E-state index contributed by atoms with van der Waals surface area (Å²) in [5, 5.41) is 0. The van der Waals surface area contributed by atoms with Crippen molar-refractivity contribution in [3.8, 4) is 0 Å². The van der Waals surface area contributed by atoms with Crippen molar-refractivity contribution >= 4 is 22.0 Å². The van der Waals surface area contributed by atoms with Gasteiger partial charge in [0, 0.05) is 35.0 Å². The molecule has 0 bridgehead atoms. The highest BCUT2D eigenvalue weighted by molar-refractivity contribution is 8.75. The highest BCUT2D eigenvalue weighted by Crippen LogP contribution is 2.08. The Hall–Kier alpha value is 0.540. The van der Waals surface area contributed by atoms with Gasteiger partial charge in [0.25, 0.3) is 0 Å². The molecule has 62 valence electrons. The minimum atomic E-state index is 0.925. The Kier molecular flexibility index (Phi) is 10.1. The first-order valence-corrected chi connectivity index (χ1v) is 5.35. The maximum atomic E-state index is 2.95. The highest BCUT2D eigenvalue weighted by atomic mass is 33.1. The number of hydrogen-bond acceptors (Lipinski definition) is 6. The third kappa shape index (κ3) is 8.54. The van der Waals surface area contributed by atoms with Gasteiger partial charge in [0.2, 0.25) is 0 Å². The van der Waals surface area contributed by atoms with Gasteiger partial charge in [-0.15, -0.1) is 0 Å². The second-order valence-electron chi connectivity index (χ2n) is 1.43. The molecule has 0 fully saturated rings. The number of hydrazine groups is 2. The van der Waals surface area contributed by atoms with Crippen molar-refractivity contribution in [3.05, 3.63) is 0 Å². The summed E-state index contributed by atoms with van der Waals surface area (Å²) in [6, 6.07) is 0. The molecule has 0 amide bonds. The van der Waals surface area contributed by atoms with Crippen molar-refractivity contribution < 1.29 is 0 Å². The van der Waals surface area contributed by atoms with Crippen molar-refractivity contribution in [3.63, 3.8) is 0 Å². The lowest BCUT2D eigenvalue weighted by Crippen LogP contribution is -2.27. The largest absolute Gasteiger partial charge is 0.248 e. The molecule has 0 aliphatic rings. The fraction of sp³-hybridized carbons (Fsp3) is 1.00. The van der Waals surface area contributed by atoms with Gasteiger partial charge in [0.1, 0.15) is 0 Å². The van der Waals surface area contributed by atoms with Gasteiger partial charge in [-0.25, -0.2) is 10.9 Å². The Morgan fingerprint density at radius 1 is 0.900 bits per heavy atom. The quantitative estimate of drug-likeness (QED) is 0.198. The molecule has 0 rings (SSSR count). The van der Waals surface area contributed by atoms with Crippen LogP contribution in [0.25, 0.3) is 0 Å². The first-order valence-electron chi connectivity index (χ1n) is 3.20. The SMILES string of the molecule is CCNNSSNNCC. The van der Waals surface area contributed by atoms with E-state index in [-0.39, 0.29) is 0 Å². The molecule has 0 atom stereocenters. The van der Waals surface area contributed by atoms with E-state index in [0.717, 1.165) is 13.1 Å². The second kappa shape index (κ2) is 9.54. The van der Waals surface area contributed by atoms with Crippen LogP contribution in [0.5, 0.6) is 0 Å². The molecule has 4 nitrogen and oxygen atoms in total. The third-order valence-corrected chi connectivity index (χ3v) is 1.91. The van der Waals surface area contributed by atoms with Crippen LogP contribution < -0.4 is 20.5 Å². The van der Waals surface area contributed by atoms with Gasteiger partial charge in [0.15, 0.2) is 0 Å². The first kappa shape index (κ1) is 10.5. The van der Waals surface area contributed by atoms with Crippen LogP contribution in [0, 0.1) is 0 Å². The van der Waals surface area contributed by atoms with E-state index in [2.05, 4.69) is 20.5 Å². The maximum Gasteiger partial charge on any atom is 0.0216 e. The third-order valence-electron chi connectivity index (χ3n) is 0.623. The van der Waals surface area contributed by atoms with Crippen LogP contribution >= 0.6 is 22.0 Å². The van der Waals surface area contributed by atoms with Gasteiger partial charge in [-0.2, -0.15) is 9.66 Å². The summed E-state index contributed by atoms with van der Waals surface area (Å²) in [5.74, 6) is 0. The van der Waals surface area contributed by atoms with E-state index < -0.39 is 0 Å². The molecule has 0 aliphatic heterocycles. The summed E-state index contributed by atoms with van der Waals surface area (Å²) in [6.45, 7) is 5.93. The summed E-state index contributed by atoms with van der Waals surface area (Å²) in [5.41, 5.74) is 5.90. The monoisotopic (exact) mass is 182 g/mol. The molecule has 0 saturated heterocycles. The Labute approximate surface area is 69.9 Å². The zero-order valence-corrected chi connectivity index (χ0v) is 7.86. The highest BCUT2D eigenvalue weighted by Gasteiger charge is 1.83. The Morgan fingerprint density at radius 2 is 1.30 bits per heavy atom. The molecule has 0 spiro atoms. The van der Waals surface area contributed by atoms with Crippen molar-refractivity contribution in [2.24, 2.45) is 0 Å². The Bertz CT molecular complexity index is 55.2. The molecule has 0 unspecified atom stereocenters. The summed E-state index contributed by atoms with van der Waals surface area (Å²) in [7, 11) is 3.00. The average Bonchev–Trinajstić information content (AvgIpc) is 1.97. The second-order valence-corrected chi connectivity index (χ2v) is 3.17. The van der Waals surface area contributed by atoms with Crippen LogP contribution in [0.15, 0.2) is 0 Å². The van der Waals surface area contributed by atoms with Crippen LogP contribution in [0.4, 0.5) is 0 Å². The molecule has 10 heavy (non-hydrogen) atoms. The normalized spacial score (nSPS) is 10.2. The fourth-order valence-corrected chi connectivity index (χ4v) is 1.34. The topological polar surface area (TPSA) is 48.1 Å². The fourth-order valence-electron chi connectivity index (χ4n) is 0.245. The number of rotatable bonds is 7. The average molecular weight is 182 g/mol. The minimum Gasteiger partial charge on any atom is -0.248 e. The first-order chi connectivity index (χ1) is 4.91. The molecular formula is C4H14N4S2. The van der Waals surface area contributed by atoms with Crippen molar-refractivity contribution in [1.82, 2.24) is 20.5 Å². The molecule has 0 aromatic carbocycles. The number of nitrogens with one attached hydrogen (secondary N) is 4. The van der Waals surface area contributed by atoms with E-state index in [9.17, 15) is 0 Å². The summed E-state index contributed by atoms with van der Waals surface area (Å²) in [4.78, 5) is 5.84. The van der Waals surface area contributed by atoms with Gasteiger partial charge in [-0.05, 0) is 0 Å². The molecule has 0 aromatic heterocycles. The summed E-state index contributed by atoms with van der Waals surface area (Å²) >= 11 is 0. The molecule has 0 heterocycles. The number of hydrogen-bond donors (Lipinski definition) is 4. The van der Waals surface area contributed by atoms with Gasteiger partial charge in [-0.1, -0.05) is 13.8 Å². The summed E-state index contributed by atoms with van der Waals surface area (Å²) in [6.07, 6.45) is 0. The maximum absolute atomic E-state index is 2.95. The van der Waals surface area contributed by atoms with E-state index in [4.69, 9.17) is 0 Å². The molecule has 0 radical (unpaired) electrons. The van der Waals surface area contributed by atoms with Gasteiger partial charge >= 0.3 is 0 Å². The molecule has 0 saturated carbocycles. The molecule has 6 heteroatoms. The lowest BCUT2D eigenvalue weighted by molar-refractivity contribution is 0.718. The van der Waals surface area contributed by atoms with E-state index >= 15 is 0 Å². The minimum absolute atomic E-state index is 0.925. The van der Waals surface area contributed by atoms with Gasteiger partial charge < -0.3 is 0 Å². The van der Waals surface area contributed by atoms with Crippen LogP contribution in [-0.4, -0.2) is 13.1 Å². The van der Waals surface area contributed by atoms with Crippen molar-refractivity contribution in [2.45, 2.75) is 13.8 Å². The molecule has 4 N–H and O–H groups in total. The Balaban J connectivity index is 2.65. The predicted octanol–water partition coefficient (Wildman–Crippen LogP) is 0.426. The van der Waals surface area contributed by atoms with Crippen LogP contribution in [0.3, 0.4) is 0 Å². The van der Waals surface area contributed by atoms with E-state index in [1.165, 1.54) is 22.0 Å². The molecular weight excluding hydrogens is 168 g/mol. The van der Waals surface area contributed by atoms with Crippen LogP contribution in [0.2, 0.25) is 0 Å². The van der Waals surface area contributed by atoms with E-state index in [1.54, 1.807) is 0 Å². The lowest BCUT2D eigenvalue weighted by Gasteiger charge is -2.03. The molecule has 0 aromatic rings. The van der Waals surface area contributed by atoms with Gasteiger partial charge in [0.05, 0.1) is 0 Å². The van der Waals surface area contributed by atoms with Crippen molar-refractivity contribution in [2.75, 3.05) is 13.1 Å². The zero-order valence-electron chi connectivity index (χ0n) is 6.23. The van der Waals surface area contributed by atoms with Crippen LogP contribution in [0.1, 0.15) is 13.8 Å².